The maximum absolute atomic E-state index is 5.63. The molecule has 0 aliphatic carbocycles. The summed E-state index contributed by atoms with van der Waals surface area (Å²) in [6.07, 6.45) is 2.95. The summed E-state index contributed by atoms with van der Waals surface area (Å²) < 4.78 is 7.66. The van der Waals surface area contributed by atoms with Crippen LogP contribution in [0.5, 0.6) is 0 Å². The van der Waals surface area contributed by atoms with Crippen LogP contribution in [0, 0.1) is 0 Å². The molecule has 1 aliphatic rings. The largest absolute Gasteiger partial charge is 0.370 e. The summed E-state index contributed by atoms with van der Waals surface area (Å²) in [5, 5.41) is 0. The topological polar surface area (TPSA) is 27.1 Å². The molecule has 3 rings (SSSR count). The lowest BCUT2D eigenvalue weighted by Crippen LogP contribution is -2.37. The van der Waals surface area contributed by atoms with Gasteiger partial charge in [-0.05, 0) is 24.6 Å². The molecule has 1 saturated heterocycles. The fraction of sp³-hybridized carbons (Fsp3) is 0.417. The standard InChI is InChI=1S/C12H14N2O/c1-12(5-6-15-12)9-3-4-11-10(7-9)13-8-14(11)2/h3-4,7-8H,5-6H2,1-2H3. The van der Waals surface area contributed by atoms with E-state index in [1.807, 2.05) is 17.9 Å². The van der Waals surface area contributed by atoms with Gasteiger partial charge in [-0.15, -0.1) is 0 Å². The zero-order chi connectivity index (χ0) is 10.5. The number of aryl methyl sites for hydroxylation is 1. The van der Waals surface area contributed by atoms with Gasteiger partial charge in [0.25, 0.3) is 0 Å². The van der Waals surface area contributed by atoms with Gasteiger partial charge in [-0.1, -0.05) is 6.07 Å². The molecule has 1 fully saturated rings. The number of hydrogen-bond acceptors (Lipinski definition) is 2. The first kappa shape index (κ1) is 8.92. The van der Waals surface area contributed by atoms with Crippen molar-refractivity contribution in [1.82, 2.24) is 9.55 Å². The molecule has 0 bridgehead atoms. The third-order valence-corrected chi connectivity index (χ3v) is 3.34. The van der Waals surface area contributed by atoms with Gasteiger partial charge in [0, 0.05) is 13.5 Å². The maximum Gasteiger partial charge on any atom is 0.0955 e. The summed E-state index contributed by atoms with van der Waals surface area (Å²) in [7, 11) is 2.01. The van der Waals surface area contributed by atoms with Gasteiger partial charge < -0.3 is 9.30 Å². The van der Waals surface area contributed by atoms with Gasteiger partial charge in [0.2, 0.25) is 0 Å². The SMILES string of the molecule is Cn1cnc2cc(C3(C)CCO3)ccc21. The van der Waals surface area contributed by atoms with Gasteiger partial charge in [0.15, 0.2) is 0 Å². The van der Waals surface area contributed by atoms with Crippen molar-refractivity contribution >= 4 is 11.0 Å². The lowest BCUT2D eigenvalue weighted by Gasteiger charge is -2.39. The predicted octanol–water partition coefficient (Wildman–Crippen LogP) is 2.21. The van der Waals surface area contributed by atoms with E-state index in [0.717, 1.165) is 18.5 Å². The highest BCUT2D eigenvalue weighted by molar-refractivity contribution is 5.76. The van der Waals surface area contributed by atoms with E-state index < -0.39 is 0 Å². The number of rotatable bonds is 1. The molecule has 78 valence electrons. The molecule has 15 heavy (non-hydrogen) atoms. The van der Waals surface area contributed by atoms with E-state index in [-0.39, 0.29) is 5.60 Å². The Kier molecular flexibility index (Phi) is 1.68. The minimum atomic E-state index is -0.0777. The van der Waals surface area contributed by atoms with Crippen LogP contribution in [0.3, 0.4) is 0 Å². The minimum absolute atomic E-state index is 0.0777. The van der Waals surface area contributed by atoms with Gasteiger partial charge in [0.05, 0.1) is 29.6 Å². The van der Waals surface area contributed by atoms with E-state index in [4.69, 9.17) is 4.74 Å². The Morgan fingerprint density at radius 1 is 1.47 bits per heavy atom. The van der Waals surface area contributed by atoms with E-state index in [1.54, 1.807) is 0 Å². The highest BCUT2D eigenvalue weighted by Gasteiger charge is 2.35. The summed E-state index contributed by atoms with van der Waals surface area (Å²) in [6, 6.07) is 6.39. The molecule has 0 amide bonds. The Labute approximate surface area is 88.7 Å². The van der Waals surface area contributed by atoms with Crippen molar-refractivity contribution in [3.8, 4) is 0 Å². The fourth-order valence-electron chi connectivity index (χ4n) is 2.10. The Hall–Kier alpha value is -1.35. The Morgan fingerprint density at radius 3 is 2.93 bits per heavy atom. The summed E-state index contributed by atoms with van der Waals surface area (Å²) in [5.41, 5.74) is 3.37. The summed E-state index contributed by atoms with van der Waals surface area (Å²) in [4.78, 5) is 4.36. The quantitative estimate of drug-likeness (QED) is 0.709. The van der Waals surface area contributed by atoms with Crippen LogP contribution in [0.1, 0.15) is 18.9 Å². The lowest BCUT2D eigenvalue weighted by molar-refractivity contribution is -0.140. The van der Waals surface area contributed by atoms with Crippen LogP contribution < -0.4 is 0 Å². The summed E-state index contributed by atoms with van der Waals surface area (Å²) in [5.74, 6) is 0. The second-order valence-electron chi connectivity index (χ2n) is 4.39. The van der Waals surface area contributed by atoms with E-state index in [2.05, 4.69) is 30.1 Å². The molecular formula is C12H14N2O. The van der Waals surface area contributed by atoms with Crippen molar-refractivity contribution in [2.45, 2.75) is 18.9 Å². The monoisotopic (exact) mass is 202 g/mol. The van der Waals surface area contributed by atoms with Crippen molar-refractivity contribution in [2.24, 2.45) is 7.05 Å². The third-order valence-electron chi connectivity index (χ3n) is 3.34. The van der Waals surface area contributed by atoms with Crippen LogP contribution in [-0.4, -0.2) is 16.2 Å². The molecule has 1 atom stereocenters. The van der Waals surface area contributed by atoms with Crippen LogP contribution in [0.15, 0.2) is 24.5 Å². The maximum atomic E-state index is 5.63. The molecular weight excluding hydrogens is 188 g/mol. The Bertz CT molecular complexity index is 511. The predicted molar refractivity (Wildman–Crippen MR) is 58.6 cm³/mol. The number of fused-ring (bicyclic) bond motifs is 1. The van der Waals surface area contributed by atoms with Crippen LogP contribution in [0.25, 0.3) is 11.0 Å². The molecule has 1 aromatic carbocycles. The molecule has 2 heterocycles. The highest BCUT2D eigenvalue weighted by atomic mass is 16.5. The molecule has 3 heteroatoms. The number of aromatic nitrogens is 2. The first-order valence-corrected chi connectivity index (χ1v) is 5.25. The minimum Gasteiger partial charge on any atom is -0.370 e. The third kappa shape index (κ3) is 1.20. The first-order valence-electron chi connectivity index (χ1n) is 5.25. The number of ether oxygens (including phenoxy) is 1. The highest BCUT2D eigenvalue weighted by Crippen LogP contribution is 2.37. The van der Waals surface area contributed by atoms with E-state index in [0.29, 0.717) is 0 Å². The van der Waals surface area contributed by atoms with Crippen LogP contribution in [0.4, 0.5) is 0 Å². The van der Waals surface area contributed by atoms with E-state index in [1.165, 1.54) is 11.1 Å². The van der Waals surface area contributed by atoms with Gasteiger partial charge in [-0.3, -0.25) is 0 Å². The molecule has 3 nitrogen and oxygen atoms in total. The van der Waals surface area contributed by atoms with Crippen LogP contribution in [-0.2, 0) is 17.4 Å². The van der Waals surface area contributed by atoms with Crippen molar-refractivity contribution in [2.75, 3.05) is 6.61 Å². The molecule has 0 N–H and O–H groups in total. The van der Waals surface area contributed by atoms with Crippen molar-refractivity contribution < 1.29 is 4.74 Å². The second-order valence-corrected chi connectivity index (χ2v) is 4.39. The van der Waals surface area contributed by atoms with Gasteiger partial charge in [-0.2, -0.15) is 0 Å². The Morgan fingerprint density at radius 2 is 2.27 bits per heavy atom. The van der Waals surface area contributed by atoms with Gasteiger partial charge in [0.1, 0.15) is 0 Å². The first-order chi connectivity index (χ1) is 7.19. The summed E-state index contributed by atoms with van der Waals surface area (Å²) >= 11 is 0. The summed E-state index contributed by atoms with van der Waals surface area (Å²) in [6.45, 7) is 3.01. The average Bonchev–Trinajstić information content (AvgIpc) is 2.56. The zero-order valence-corrected chi connectivity index (χ0v) is 9.03. The molecule has 1 unspecified atom stereocenters. The molecule has 2 aromatic rings. The average molecular weight is 202 g/mol. The number of hydrogen-bond donors (Lipinski definition) is 0. The normalized spacial score (nSPS) is 25.5. The fourth-order valence-corrected chi connectivity index (χ4v) is 2.10. The molecule has 1 aromatic heterocycles. The van der Waals surface area contributed by atoms with Gasteiger partial charge in [-0.25, -0.2) is 4.98 Å². The van der Waals surface area contributed by atoms with Crippen molar-refractivity contribution in [3.05, 3.63) is 30.1 Å². The van der Waals surface area contributed by atoms with E-state index in [9.17, 15) is 0 Å². The molecule has 0 radical (unpaired) electrons. The number of benzene rings is 1. The smallest absolute Gasteiger partial charge is 0.0955 e. The molecule has 1 aliphatic heterocycles. The van der Waals surface area contributed by atoms with Crippen molar-refractivity contribution in [1.29, 1.82) is 0 Å². The lowest BCUT2D eigenvalue weighted by atomic mass is 9.88. The van der Waals surface area contributed by atoms with Gasteiger partial charge >= 0.3 is 0 Å². The Balaban J connectivity index is 2.14. The van der Waals surface area contributed by atoms with Crippen LogP contribution >= 0.6 is 0 Å². The number of imidazole rings is 1. The zero-order valence-electron chi connectivity index (χ0n) is 9.03. The van der Waals surface area contributed by atoms with Crippen molar-refractivity contribution in [3.63, 3.8) is 0 Å². The molecule has 0 spiro atoms. The van der Waals surface area contributed by atoms with Crippen LogP contribution in [0.2, 0.25) is 0 Å². The molecule has 0 saturated carbocycles. The van der Waals surface area contributed by atoms with E-state index >= 15 is 0 Å². The second kappa shape index (κ2) is 2.83. The number of nitrogens with zero attached hydrogens (tertiary/aromatic N) is 2.